The molecule has 1 atom stereocenters. The minimum Gasteiger partial charge on any atom is -0.294 e. The van der Waals surface area contributed by atoms with E-state index in [1.165, 1.54) is 4.88 Å². The maximum absolute atomic E-state index is 13.2. The number of pyridine rings is 1. The van der Waals surface area contributed by atoms with Crippen molar-refractivity contribution >= 4 is 34.3 Å². The van der Waals surface area contributed by atoms with Gasteiger partial charge in [0.2, 0.25) is 0 Å². The topological polar surface area (TPSA) is 48.8 Å². The molecule has 0 bridgehead atoms. The van der Waals surface area contributed by atoms with Crippen molar-refractivity contribution < 1.29 is 4.79 Å². The molecule has 0 saturated heterocycles. The lowest BCUT2D eigenvalue weighted by molar-refractivity contribution is -0.134. The fourth-order valence-corrected chi connectivity index (χ4v) is 5.00. The molecule has 0 radical (unpaired) electrons. The van der Waals surface area contributed by atoms with E-state index in [0.29, 0.717) is 6.54 Å². The van der Waals surface area contributed by atoms with Crippen molar-refractivity contribution in [2.45, 2.75) is 25.8 Å². The molecule has 1 amide bonds. The first-order valence-corrected chi connectivity index (χ1v) is 11.6. The molecule has 1 aliphatic heterocycles. The van der Waals surface area contributed by atoms with Crippen molar-refractivity contribution in [1.29, 1.82) is 0 Å². The summed E-state index contributed by atoms with van der Waals surface area (Å²) < 4.78 is 0. The molecule has 4 heterocycles. The lowest BCUT2D eigenvalue weighted by Gasteiger charge is -2.25. The van der Waals surface area contributed by atoms with Crippen LogP contribution in [-0.4, -0.2) is 46.1 Å². The summed E-state index contributed by atoms with van der Waals surface area (Å²) in [5.74, 6) is 0.0535. The van der Waals surface area contributed by atoms with E-state index in [1.807, 2.05) is 36.5 Å². The number of carbonyl (C=O) groups is 1. The smallest absolute Gasteiger partial charge is 0.257 e. The third kappa shape index (κ3) is 4.80. The van der Waals surface area contributed by atoms with Gasteiger partial charge in [0.1, 0.15) is 0 Å². The van der Waals surface area contributed by atoms with Crippen molar-refractivity contribution in [2.75, 3.05) is 19.6 Å². The monoisotopic (exact) mass is 424 g/mol. The standard InChI is InChI=1S/C22H24N4OS2/c1-2-25(12-10-17-7-3-4-11-23-17)16-22(27)26-19(21-9-6-14-29-21)15-18(24-26)20-8-5-13-28-20/h3-9,11,13-14,19H,2,10,12,15-16H2,1H3. The zero-order chi connectivity index (χ0) is 20.1. The van der Waals surface area contributed by atoms with Gasteiger partial charge in [0, 0.05) is 36.2 Å². The van der Waals surface area contributed by atoms with Crippen molar-refractivity contribution in [2.24, 2.45) is 5.10 Å². The zero-order valence-electron chi connectivity index (χ0n) is 16.4. The average molecular weight is 425 g/mol. The highest BCUT2D eigenvalue weighted by atomic mass is 32.1. The predicted octanol–water partition coefficient (Wildman–Crippen LogP) is 4.45. The SMILES string of the molecule is CCN(CCc1ccccn1)CC(=O)N1N=C(c2cccs2)CC1c1cccs1. The summed E-state index contributed by atoms with van der Waals surface area (Å²) in [5.41, 5.74) is 2.05. The number of hydrogen-bond acceptors (Lipinski definition) is 6. The summed E-state index contributed by atoms with van der Waals surface area (Å²) in [6.07, 6.45) is 3.42. The number of hydrazone groups is 1. The molecule has 3 aromatic heterocycles. The molecule has 4 rings (SSSR count). The van der Waals surface area contributed by atoms with E-state index in [1.54, 1.807) is 27.7 Å². The van der Waals surface area contributed by atoms with Crippen LogP contribution in [0.2, 0.25) is 0 Å². The molecule has 0 N–H and O–H groups in total. The minimum atomic E-state index is -0.00547. The van der Waals surface area contributed by atoms with Crippen LogP contribution in [0.15, 0.2) is 64.5 Å². The van der Waals surface area contributed by atoms with Gasteiger partial charge in [-0.15, -0.1) is 22.7 Å². The van der Waals surface area contributed by atoms with E-state index in [4.69, 9.17) is 5.10 Å². The van der Waals surface area contributed by atoms with E-state index < -0.39 is 0 Å². The van der Waals surface area contributed by atoms with Gasteiger partial charge in [0.15, 0.2) is 0 Å². The van der Waals surface area contributed by atoms with Crippen LogP contribution in [0.4, 0.5) is 0 Å². The van der Waals surface area contributed by atoms with Crippen LogP contribution in [0.5, 0.6) is 0 Å². The Kier molecular flexibility index (Phi) is 6.49. The van der Waals surface area contributed by atoms with E-state index in [0.717, 1.165) is 42.2 Å². The summed E-state index contributed by atoms with van der Waals surface area (Å²) in [4.78, 5) is 22.1. The largest absolute Gasteiger partial charge is 0.294 e. The Morgan fingerprint density at radius 2 is 2.03 bits per heavy atom. The molecule has 5 nitrogen and oxygen atoms in total. The van der Waals surface area contributed by atoms with Gasteiger partial charge < -0.3 is 0 Å². The van der Waals surface area contributed by atoms with Crippen molar-refractivity contribution in [3.8, 4) is 0 Å². The molecule has 150 valence electrons. The quantitative estimate of drug-likeness (QED) is 0.537. The van der Waals surface area contributed by atoms with Gasteiger partial charge in [-0.3, -0.25) is 14.7 Å². The Bertz CT molecular complexity index is 939. The Hall–Kier alpha value is -2.35. The van der Waals surface area contributed by atoms with Crippen LogP contribution in [0, 0.1) is 0 Å². The normalized spacial score (nSPS) is 16.4. The first-order chi connectivity index (χ1) is 14.2. The summed E-state index contributed by atoms with van der Waals surface area (Å²) in [6, 6.07) is 14.2. The molecular weight excluding hydrogens is 400 g/mol. The number of hydrogen-bond donors (Lipinski definition) is 0. The first kappa shape index (κ1) is 19.9. The van der Waals surface area contributed by atoms with Gasteiger partial charge in [-0.25, -0.2) is 5.01 Å². The van der Waals surface area contributed by atoms with Crippen LogP contribution in [0.3, 0.4) is 0 Å². The molecule has 0 aliphatic carbocycles. The number of likely N-dealkylation sites (N-methyl/N-ethyl adjacent to an activating group) is 1. The third-order valence-electron chi connectivity index (χ3n) is 5.06. The Morgan fingerprint density at radius 3 is 2.72 bits per heavy atom. The van der Waals surface area contributed by atoms with E-state index >= 15 is 0 Å². The van der Waals surface area contributed by atoms with Gasteiger partial charge in [-0.05, 0) is 41.6 Å². The number of nitrogens with zero attached hydrogens (tertiary/aromatic N) is 4. The molecule has 7 heteroatoms. The number of rotatable bonds is 8. The molecule has 0 fully saturated rings. The second kappa shape index (κ2) is 9.43. The maximum Gasteiger partial charge on any atom is 0.257 e. The van der Waals surface area contributed by atoms with Gasteiger partial charge in [-0.1, -0.05) is 25.1 Å². The molecule has 1 aliphatic rings. The van der Waals surface area contributed by atoms with Crippen molar-refractivity contribution in [3.05, 3.63) is 74.9 Å². The predicted molar refractivity (Wildman–Crippen MR) is 119 cm³/mol. The van der Waals surface area contributed by atoms with Crippen LogP contribution >= 0.6 is 22.7 Å². The van der Waals surface area contributed by atoms with Crippen LogP contribution < -0.4 is 0 Å². The Labute approximate surface area is 179 Å². The summed E-state index contributed by atoms with van der Waals surface area (Å²) in [5, 5.41) is 10.6. The molecular formula is C22H24N4OS2. The first-order valence-electron chi connectivity index (χ1n) is 9.83. The molecule has 3 aromatic rings. The van der Waals surface area contributed by atoms with E-state index in [2.05, 4.69) is 39.7 Å². The molecule has 29 heavy (non-hydrogen) atoms. The highest BCUT2D eigenvalue weighted by Gasteiger charge is 2.34. The van der Waals surface area contributed by atoms with Gasteiger partial charge in [0.05, 0.1) is 23.2 Å². The van der Waals surface area contributed by atoms with Crippen LogP contribution in [0.25, 0.3) is 0 Å². The molecule has 0 saturated carbocycles. The van der Waals surface area contributed by atoms with Crippen molar-refractivity contribution in [3.63, 3.8) is 0 Å². The van der Waals surface area contributed by atoms with Gasteiger partial charge in [0.25, 0.3) is 5.91 Å². The highest BCUT2D eigenvalue weighted by Crippen LogP contribution is 2.35. The lowest BCUT2D eigenvalue weighted by Crippen LogP contribution is -2.39. The fourth-order valence-electron chi connectivity index (χ4n) is 3.47. The van der Waals surface area contributed by atoms with Gasteiger partial charge in [-0.2, -0.15) is 5.10 Å². The summed E-state index contributed by atoms with van der Waals surface area (Å²) in [7, 11) is 0. The Morgan fingerprint density at radius 1 is 1.17 bits per heavy atom. The zero-order valence-corrected chi connectivity index (χ0v) is 18.0. The third-order valence-corrected chi connectivity index (χ3v) is 6.95. The molecule has 1 unspecified atom stereocenters. The second-order valence-electron chi connectivity index (χ2n) is 6.94. The number of amides is 1. The second-order valence-corrected chi connectivity index (χ2v) is 8.86. The van der Waals surface area contributed by atoms with E-state index in [9.17, 15) is 4.79 Å². The minimum absolute atomic E-state index is 0.00547. The number of aromatic nitrogens is 1. The van der Waals surface area contributed by atoms with Crippen LogP contribution in [0.1, 0.15) is 34.8 Å². The van der Waals surface area contributed by atoms with Crippen molar-refractivity contribution in [1.82, 2.24) is 14.9 Å². The number of thiophene rings is 2. The summed E-state index contributed by atoms with van der Waals surface area (Å²) >= 11 is 3.36. The average Bonchev–Trinajstić information content (AvgIpc) is 3.51. The highest BCUT2D eigenvalue weighted by molar-refractivity contribution is 7.12. The fraction of sp³-hybridized carbons (Fsp3) is 0.318. The van der Waals surface area contributed by atoms with Gasteiger partial charge >= 0.3 is 0 Å². The molecule has 0 spiro atoms. The Balaban J connectivity index is 1.46. The maximum atomic E-state index is 13.2. The lowest BCUT2D eigenvalue weighted by atomic mass is 10.1. The van der Waals surface area contributed by atoms with E-state index in [-0.39, 0.29) is 11.9 Å². The number of carbonyl (C=O) groups excluding carboxylic acids is 1. The van der Waals surface area contributed by atoms with Crippen LogP contribution in [-0.2, 0) is 11.2 Å². The summed E-state index contributed by atoms with van der Waals surface area (Å²) in [6.45, 7) is 4.08. The molecule has 0 aromatic carbocycles.